The summed E-state index contributed by atoms with van der Waals surface area (Å²) in [7, 11) is 0. The number of carbonyl (C=O) groups excluding carboxylic acids is 1. The van der Waals surface area contributed by atoms with E-state index in [9.17, 15) is 9.18 Å². The maximum atomic E-state index is 13.8. The molecule has 0 amide bonds. The number of fused-ring (bicyclic) bond motifs is 1. The van der Waals surface area contributed by atoms with Crippen LogP contribution in [0.25, 0.3) is 22.7 Å². The summed E-state index contributed by atoms with van der Waals surface area (Å²) in [5.74, 6) is 0.460. The van der Waals surface area contributed by atoms with Crippen LogP contribution in [-0.2, 0) is 4.79 Å². The molecule has 2 aromatic heterocycles. The molecule has 0 fully saturated rings. The van der Waals surface area contributed by atoms with E-state index in [4.69, 9.17) is 13.9 Å². The molecule has 0 spiro atoms. The normalized spacial score (nSPS) is 10.9. The van der Waals surface area contributed by atoms with Gasteiger partial charge in [-0.2, -0.15) is 4.98 Å². The molecular weight excluding hydrogens is 377 g/mol. The first-order chi connectivity index (χ1) is 14.0. The van der Waals surface area contributed by atoms with Gasteiger partial charge in [0, 0.05) is 5.56 Å². The molecule has 0 aliphatic rings. The van der Waals surface area contributed by atoms with E-state index in [1.165, 1.54) is 18.3 Å². The number of aryl methyl sites for hydroxylation is 2. The Labute approximate surface area is 165 Å². The van der Waals surface area contributed by atoms with Crippen molar-refractivity contribution in [3.05, 3.63) is 59.5 Å². The Balaban J connectivity index is 1.66. The number of benzene rings is 2. The predicted molar refractivity (Wildman–Crippen MR) is 102 cm³/mol. The van der Waals surface area contributed by atoms with E-state index in [0.717, 1.165) is 16.7 Å². The molecule has 0 bridgehead atoms. The van der Waals surface area contributed by atoms with Gasteiger partial charge >= 0.3 is 6.01 Å². The number of oxazole rings is 1. The van der Waals surface area contributed by atoms with Crippen LogP contribution in [0.2, 0.25) is 0 Å². The van der Waals surface area contributed by atoms with Gasteiger partial charge in [-0.1, -0.05) is 12.1 Å². The molecule has 4 aromatic rings. The largest absolute Gasteiger partial charge is 0.485 e. The minimum Gasteiger partial charge on any atom is -0.485 e. The van der Waals surface area contributed by atoms with Crippen LogP contribution in [0.4, 0.5) is 4.39 Å². The summed E-state index contributed by atoms with van der Waals surface area (Å²) >= 11 is 0. The van der Waals surface area contributed by atoms with E-state index in [1.54, 1.807) is 18.4 Å². The minimum atomic E-state index is -0.519. The first kappa shape index (κ1) is 18.5. The summed E-state index contributed by atoms with van der Waals surface area (Å²) in [6.07, 6.45) is 3.15. The molecule has 0 unspecified atom stereocenters. The highest BCUT2D eigenvalue weighted by atomic mass is 19.1. The Hall–Kier alpha value is -3.81. The van der Waals surface area contributed by atoms with Gasteiger partial charge in [-0.15, -0.1) is 0 Å². The van der Waals surface area contributed by atoms with Crippen LogP contribution in [-0.4, -0.2) is 27.8 Å². The van der Waals surface area contributed by atoms with Crippen molar-refractivity contribution in [2.24, 2.45) is 0 Å². The lowest BCUT2D eigenvalue weighted by atomic mass is 10.1. The van der Waals surface area contributed by atoms with E-state index < -0.39 is 5.82 Å². The summed E-state index contributed by atoms with van der Waals surface area (Å²) < 4.78 is 30.3. The molecule has 0 saturated carbocycles. The van der Waals surface area contributed by atoms with E-state index in [-0.39, 0.29) is 24.1 Å². The first-order valence-electron chi connectivity index (χ1n) is 8.70. The van der Waals surface area contributed by atoms with Crippen molar-refractivity contribution in [3.63, 3.8) is 0 Å². The van der Waals surface area contributed by atoms with Crippen LogP contribution < -0.4 is 9.47 Å². The lowest BCUT2D eigenvalue weighted by molar-refractivity contribution is 0.360. The number of nitrogens with zero attached hydrogens (tertiary/aromatic N) is 3. The third kappa shape index (κ3) is 3.77. The lowest BCUT2D eigenvalue weighted by Gasteiger charge is -2.10. The van der Waals surface area contributed by atoms with Crippen LogP contribution >= 0.6 is 0 Å². The third-order valence-corrected chi connectivity index (χ3v) is 4.15. The molecule has 2 aromatic carbocycles. The van der Waals surface area contributed by atoms with Gasteiger partial charge in [0.25, 0.3) is 5.71 Å². The minimum absolute atomic E-state index is 0.0148. The quantitative estimate of drug-likeness (QED) is 0.483. The monoisotopic (exact) mass is 392 g/mol. The molecule has 0 aliphatic carbocycles. The van der Waals surface area contributed by atoms with Crippen molar-refractivity contribution in [2.45, 2.75) is 13.8 Å². The Morgan fingerprint density at radius 2 is 1.90 bits per heavy atom. The standard InChI is InChI=1S/C21H15FN3O4/c1-12-9-14(10-13(2)18(12)27-8-7-26)19-24-16-11-23-21(25-20(16)29-19)28-17-6-4-3-5-15(17)22/h3-6,9-11H,8H2,1-2H3. The van der Waals surface area contributed by atoms with Crippen molar-refractivity contribution in [2.75, 3.05) is 6.61 Å². The number of para-hydroxylation sites is 1. The van der Waals surface area contributed by atoms with Crippen LogP contribution in [0.3, 0.4) is 0 Å². The maximum Gasteiger partial charge on any atom is 0.325 e. The molecule has 29 heavy (non-hydrogen) atoms. The molecule has 0 N–H and O–H groups in total. The number of aromatic nitrogens is 3. The smallest absolute Gasteiger partial charge is 0.325 e. The van der Waals surface area contributed by atoms with Crippen LogP contribution in [0.15, 0.2) is 47.0 Å². The highest BCUT2D eigenvalue weighted by molar-refractivity contribution is 5.73. The molecular formula is C21H15FN3O4. The predicted octanol–water partition coefficient (Wildman–Crippen LogP) is 4.32. The summed E-state index contributed by atoms with van der Waals surface area (Å²) in [5.41, 5.74) is 3.02. The molecule has 1 radical (unpaired) electrons. The zero-order chi connectivity index (χ0) is 20.4. The van der Waals surface area contributed by atoms with Gasteiger partial charge in [0.15, 0.2) is 18.2 Å². The maximum absolute atomic E-state index is 13.8. The Morgan fingerprint density at radius 1 is 1.14 bits per heavy atom. The second-order valence-corrected chi connectivity index (χ2v) is 6.27. The molecule has 0 atom stereocenters. The summed E-state index contributed by atoms with van der Waals surface area (Å²) in [6, 6.07) is 9.59. The van der Waals surface area contributed by atoms with Gasteiger partial charge < -0.3 is 13.9 Å². The lowest BCUT2D eigenvalue weighted by Crippen LogP contribution is -2.01. The summed E-state index contributed by atoms with van der Waals surface area (Å²) in [6.45, 7) is 3.59. The van der Waals surface area contributed by atoms with Crippen LogP contribution in [0, 0.1) is 19.7 Å². The average Bonchev–Trinajstić information content (AvgIpc) is 3.12. The number of hydrogen-bond acceptors (Lipinski definition) is 7. The van der Waals surface area contributed by atoms with E-state index in [1.807, 2.05) is 26.0 Å². The SMILES string of the molecule is Cc1cc(-c2nc3cnc(Oc4ccccc4F)nc3o2)cc(C)c1OC[C]=O. The summed E-state index contributed by atoms with van der Waals surface area (Å²) in [5, 5.41) is 0. The van der Waals surface area contributed by atoms with E-state index >= 15 is 0 Å². The Bertz CT molecular complexity index is 1180. The van der Waals surface area contributed by atoms with Gasteiger partial charge in [0.1, 0.15) is 11.3 Å². The van der Waals surface area contributed by atoms with Crippen molar-refractivity contribution < 1.29 is 23.1 Å². The van der Waals surface area contributed by atoms with Gasteiger partial charge in [-0.05, 0) is 49.2 Å². The molecule has 2 heterocycles. The molecule has 145 valence electrons. The van der Waals surface area contributed by atoms with Gasteiger partial charge in [0.2, 0.25) is 12.2 Å². The molecule has 4 rings (SSSR count). The Morgan fingerprint density at radius 3 is 2.62 bits per heavy atom. The van der Waals surface area contributed by atoms with Crippen molar-refractivity contribution in [1.82, 2.24) is 15.0 Å². The van der Waals surface area contributed by atoms with E-state index in [0.29, 0.717) is 17.2 Å². The van der Waals surface area contributed by atoms with Gasteiger partial charge in [-0.3, -0.25) is 4.79 Å². The molecule has 7 nitrogen and oxygen atoms in total. The fraction of sp³-hybridized carbons (Fsp3) is 0.143. The molecule has 0 aliphatic heterocycles. The molecule has 8 heteroatoms. The average molecular weight is 392 g/mol. The van der Waals surface area contributed by atoms with E-state index in [2.05, 4.69) is 15.0 Å². The van der Waals surface area contributed by atoms with Crippen LogP contribution in [0.1, 0.15) is 11.1 Å². The number of halogens is 1. The first-order valence-corrected chi connectivity index (χ1v) is 8.70. The second-order valence-electron chi connectivity index (χ2n) is 6.27. The fourth-order valence-corrected chi connectivity index (χ4v) is 2.92. The topological polar surface area (TPSA) is 87.3 Å². The number of rotatable bonds is 6. The van der Waals surface area contributed by atoms with Crippen molar-refractivity contribution in [1.29, 1.82) is 0 Å². The van der Waals surface area contributed by atoms with Crippen molar-refractivity contribution >= 4 is 17.5 Å². The summed E-state index contributed by atoms with van der Waals surface area (Å²) in [4.78, 5) is 23.0. The zero-order valence-electron chi connectivity index (χ0n) is 15.6. The number of hydrogen-bond donors (Lipinski definition) is 0. The number of ether oxygens (including phenoxy) is 2. The van der Waals surface area contributed by atoms with Gasteiger partial charge in [-0.25, -0.2) is 14.4 Å². The zero-order valence-corrected chi connectivity index (χ0v) is 15.6. The van der Waals surface area contributed by atoms with Crippen molar-refractivity contribution in [3.8, 4) is 29.0 Å². The van der Waals surface area contributed by atoms with Gasteiger partial charge in [0.05, 0.1) is 6.20 Å². The fourth-order valence-electron chi connectivity index (χ4n) is 2.92. The highest BCUT2D eigenvalue weighted by Gasteiger charge is 2.15. The Kier molecular flexibility index (Phi) is 4.90. The highest BCUT2D eigenvalue weighted by Crippen LogP contribution is 2.31. The second kappa shape index (κ2) is 7.67. The van der Waals surface area contributed by atoms with Crippen LogP contribution in [0.5, 0.6) is 17.5 Å². The third-order valence-electron chi connectivity index (χ3n) is 4.15. The molecule has 0 saturated heterocycles.